The van der Waals surface area contributed by atoms with Crippen molar-refractivity contribution in [3.8, 4) is 45.5 Å². The average molecular weight is 1040 g/mol. The fourth-order valence-corrected chi connectivity index (χ4v) is 11.0. The number of hydrogen-bond donors (Lipinski definition) is 2. The molecule has 0 unspecified atom stereocenters. The largest absolute Gasteiger partial charge is 0.496 e. The Morgan fingerprint density at radius 3 is 1.64 bits per heavy atom. The maximum absolute atomic E-state index is 13.6. The fourth-order valence-electron chi connectivity index (χ4n) is 11.0. The molecular weight excluding hydrogens is 967 g/mol. The van der Waals surface area contributed by atoms with Crippen LogP contribution in [0.5, 0.6) is 23.0 Å². The molecule has 408 valence electrons. The number of methoxy groups -OCH3 is 4. The lowest BCUT2D eigenvalue weighted by Crippen LogP contribution is -2.47. The Balaban J connectivity index is 0.000000202. The van der Waals surface area contributed by atoms with Gasteiger partial charge in [-0.2, -0.15) is 10.2 Å². The number of hydrogen-bond acceptors (Lipinski definition) is 13. The Morgan fingerprint density at radius 1 is 0.671 bits per heavy atom. The van der Waals surface area contributed by atoms with Gasteiger partial charge in [-0.1, -0.05) is 37.8 Å². The molecule has 9 rings (SSSR count). The second kappa shape index (κ2) is 25.7. The van der Waals surface area contributed by atoms with E-state index in [4.69, 9.17) is 33.9 Å². The summed E-state index contributed by atoms with van der Waals surface area (Å²) < 4.78 is 32.2. The number of ether oxygens (including phenoxy) is 5. The van der Waals surface area contributed by atoms with Crippen molar-refractivity contribution in [2.24, 2.45) is 0 Å². The number of pyridine rings is 1. The molecule has 0 bridgehead atoms. The molecule has 3 aromatic heterocycles. The molecule has 2 saturated carbocycles. The Morgan fingerprint density at radius 2 is 1.17 bits per heavy atom. The monoisotopic (exact) mass is 1040 g/mol. The first-order chi connectivity index (χ1) is 36.7. The molecule has 0 spiro atoms. The molecule has 2 aromatic carbocycles. The number of esters is 1. The lowest BCUT2D eigenvalue weighted by Gasteiger charge is -2.32. The van der Waals surface area contributed by atoms with Crippen LogP contribution in [0.15, 0.2) is 73.1 Å². The minimum Gasteiger partial charge on any atom is -0.496 e. The predicted molar refractivity (Wildman–Crippen MR) is 289 cm³/mol. The Kier molecular flexibility index (Phi) is 18.7. The molecule has 2 saturated heterocycles. The summed E-state index contributed by atoms with van der Waals surface area (Å²) in [6.07, 6.45) is 16.1. The van der Waals surface area contributed by atoms with Crippen molar-refractivity contribution in [3.05, 3.63) is 90.0 Å². The Hall–Kier alpha value is -6.95. The first kappa shape index (κ1) is 55.3. The summed E-state index contributed by atoms with van der Waals surface area (Å²) in [5, 5.41) is 15.7. The van der Waals surface area contributed by atoms with E-state index in [-0.39, 0.29) is 60.7 Å². The van der Waals surface area contributed by atoms with Crippen LogP contribution in [0.25, 0.3) is 22.5 Å². The summed E-state index contributed by atoms with van der Waals surface area (Å²) in [6, 6.07) is 18.6. The van der Waals surface area contributed by atoms with Crippen molar-refractivity contribution >= 4 is 23.7 Å². The number of rotatable bonds is 19. The van der Waals surface area contributed by atoms with Crippen LogP contribution in [0.4, 0.5) is 0 Å². The van der Waals surface area contributed by atoms with Gasteiger partial charge in [-0.05, 0) is 139 Å². The van der Waals surface area contributed by atoms with Gasteiger partial charge in [0.15, 0.2) is 11.4 Å². The number of piperidine rings is 1. The highest BCUT2D eigenvalue weighted by atomic mass is 16.6. The van der Waals surface area contributed by atoms with Gasteiger partial charge in [0.05, 0.1) is 69.5 Å². The van der Waals surface area contributed by atoms with Crippen LogP contribution in [-0.2, 0) is 20.9 Å². The standard InChI is InChI=1S/C30H44N4O5.C28H33N5O4/c1-30(2,3)39-27(35)19-21(15-18-33-16-8-9-17-33)31-29(36)23-20-24(34(32-23)22-11-6-7-12-22)28-25(37-4)13-10-14-26(28)38-5;1-36-24-8-5-9-25(37-2)27(24)23-17-22(31-33(23)21-6-3-4-7-21)28(35)30-20-12-15-32(26(34)16-20)18-19-10-13-29-14-11-19/h10,13-14,20-22H,6-9,11-12,15-19H2,1-5H3,(H,31,36);5,8-11,13-14,17,20-21H,3-4,6-7,12,15-16,18H2,1-2H3,(H,30,35)/t21-;20-/m00/s1. The van der Waals surface area contributed by atoms with Crippen molar-refractivity contribution < 1.29 is 42.9 Å². The van der Waals surface area contributed by atoms with Gasteiger partial charge in [-0.25, -0.2) is 0 Å². The second-order valence-electron chi connectivity index (χ2n) is 21.3. The number of benzene rings is 2. The van der Waals surface area contributed by atoms with Crippen molar-refractivity contribution in [2.75, 3.05) is 54.6 Å². The van der Waals surface area contributed by atoms with Gasteiger partial charge in [0.25, 0.3) is 11.8 Å². The van der Waals surface area contributed by atoms with Gasteiger partial charge < -0.3 is 44.1 Å². The third-order valence-electron chi connectivity index (χ3n) is 14.8. The summed E-state index contributed by atoms with van der Waals surface area (Å²) in [5.74, 6) is 1.80. The molecule has 0 radical (unpaired) electrons. The predicted octanol–water partition coefficient (Wildman–Crippen LogP) is 9.00. The smallest absolute Gasteiger partial charge is 0.308 e. The van der Waals surface area contributed by atoms with Crippen molar-refractivity contribution in [2.45, 2.75) is 147 Å². The van der Waals surface area contributed by atoms with E-state index < -0.39 is 5.60 Å². The van der Waals surface area contributed by atoms with E-state index in [1.807, 2.05) is 95.7 Å². The summed E-state index contributed by atoms with van der Waals surface area (Å²) in [6.45, 7) is 9.65. The highest BCUT2D eigenvalue weighted by molar-refractivity contribution is 5.95. The van der Waals surface area contributed by atoms with Gasteiger partial charge in [-0.15, -0.1) is 0 Å². The maximum Gasteiger partial charge on any atom is 0.308 e. The summed E-state index contributed by atoms with van der Waals surface area (Å²) in [5.41, 5.74) is 4.27. The van der Waals surface area contributed by atoms with Crippen LogP contribution in [0.2, 0.25) is 0 Å². The molecular formula is C58H77N9O9. The third-order valence-corrected chi connectivity index (χ3v) is 14.8. The van der Waals surface area contributed by atoms with Crippen LogP contribution in [0.1, 0.15) is 149 Å². The van der Waals surface area contributed by atoms with E-state index in [1.54, 1.807) is 40.8 Å². The molecule has 2 atom stereocenters. The zero-order chi connectivity index (χ0) is 53.8. The summed E-state index contributed by atoms with van der Waals surface area (Å²) in [7, 11) is 6.51. The molecule has 18 heteroatoms. The zero-order valence-electron chi connectivity index (χ0n) is 45.5. The van der Waals surface area contributed by atoms with Crippen molar-refractivity contribution in [1.82, 2.24) is 45.0 Å². The van der Waals surface area contributed by atoms with Crippen LogP contribution in [0, 0.1) is 0 Å². The van der Waals surface area contributed by atoms with Crippen molar-refractivity contribution in [3.63, 3.8) is 0 Å². The van der Waals surface area contributed by atoms with Gasteiger partial charge >= 0.3 is 5.97 Å². The molecule has 18 nitrogen and oxygen atoms in total. The number of likely N-dealkylation sites (tertiary alicyclic amines) is 2. The van der Waals surface area contributed by atoms with Gasteiger partial charge in [0.2, 0.25) is 5.91 Å². The van der Waals surface area contributed by atoms with Gasteiger partial charge in [0, 0.05) is 50.5 Å². The number of carbonyl (C=O) groups excluding carboxylic acids is 4. The number of amides is 3. The first-order valence-electron chi connectivity index (χ1n) is 27.1. The Labute approximate surface area is 447 Å². The number of nitrogens with zero attached hydrogens (tertiary/aromatic N) is 7. The zero-order valence-corrected chi connectivity index (χ0v) is 45.5. The molecule has 76 heavy (non-hydrogen) atoms. The van der Waals surface area contributed by atoms with Gasteiger partial charge in [0.1, 0.15) is 28.6 Å². The van der Waals surface area contributed by atoms with Crippen LogP contribution in [0.3, 0.4) is 0 Å². The highest BCUT2D eigenvalue weighted by Crippen LogP contribution is 2.43. The average Bonchev–Trinajstić information content (AvgIpc) is 4.33. The van der Waals surface area contributed by atoms with Crippen LogP contribution in [-0.4, -0.2) is 130 Å². The Bertz CT molecular complexity index is 2710. The maximum atomic E-state index is 13.6. The van der Waals surface area contributed by atoms with Gasteiger partial charge in [-0.3, -0.25) is 33.5 Å². The minimum atomic E-state index is -0.580. The van der Waals surface area contributed by atoms with E-state index in [1.165, 1.54) is 12.8 Å². The highest BCUT2D eigenvalue weighted by Gasteiger charge is 2.32. The number of carbonyl (C=O) groups is 4. The molecule has 3 amide bonds. The second-order valence-corrected chi connectivity index (χ2v) is 21.3. The van der Waals surface area contributed by atoms with Crippen molar-refractivity contribution in [1.29, 1.82) is 0 Å². The molecule has 5 heterocycles. The normalized spacial score (nSPS) is 17.7. The van der Waals surface area contributed by atoms with E-state index in [9.17, 15) is 19.2 Å². The van der Waals surface area contributed by atoms with E-state index >= 15 is 0 Å². The fraction of sp³-hybridized carbons (Fsp3) is 0.534. The topological polar surface area (TPSA) is 194 Å². The molecule has 2 N–H and O–H groups in total. The first-order valence-corrected chi connectivity index (χ1v) is 27.1. The lowest BCUT2D eigenvalue weighted by atomic mass is 10.0. The summed E-state index contributed by atoms with van der Waals surface area (Å²) in [4.78, 5) is 60.7. The quantitative estimate of drug-likeness (QED) is 0.0745. The number of aromatic nitrogens is 5. The molecule has 2 aliphatic heterocycles. The van der Waals surface area contributed by atoms with E-state index in [2.05, 4.69) is 20.5 Å². The minimum absolute atomic E-state index is 0.0318. The molecule has 4 fully saturated rings. The lowest BCUT2D eigenvalue weighted by molar-refractivity contribution is -0.155. The third kappa shape index (κ3) is 13.9. The molecule has 2 aliphatic carbocycles. The van der Waals surface area contributed by atoms with Crippen LogP contribution < -0.4 is 29.6 Å². The van der Waals surface area contributed by atoms with Crippen LogP contribution >= 0.6 is 0 Å². The molecule has 4 aliphatic rings. The SMILES string of the molecule is COc1cccc(OC)c1-c1cc(C(=O)N[C@@H](CCN2CCCC2)CC(=O)OC(C)(C)C)nn1C1CCCC1.COc1cccc(OC)c1-c1cc(C(=O)N[C@H]2CCN(Cc3ccncc3)C(=O)C2)nn1C1CCCC1. The number of nitrogens with one attached hydrogen (secondary N) is 2. The summed E-state index contributed by atoms with van der Waals surface area (Å²) >= 11 is 0. The van der Waals surface area contributed by atoms with E-state index in [0.29, 0.717) is 60.3 Å². The van der Waals surface area contributed by atoms with E-state index in [0.717, 1.165) is 99.1 Å². The molecule has 5 aromatic rings.